The van der Waals surface area contributed by atoms with Gasteiger partial charge in [-0.05, 0) is 30.7 Å². The Morgan fingerprint density at radius 3 is 2.61 bits per heavy atom. The predicted octanol–water partition coefficient (Wildman–Crippen LogP) is 3.13. The minimum absolute atomic E-state index is 0. The van der Waals surface area contributed by atoms with Crippen molar-refractivity contribution in [2.75, 3.05) is 6.54 Å². The van der Waals surface area contributed by atoms with E-state index < -0.39 is 0 Å². The van der Waals surface area contributed by atoms with Crippen LogP contribution in [-0.2, 0) is 9.53 Å². The van der Waals surface area contributed by atoms with Gasteiger partial charge in [0.05, 0.1) is 12.1 Å². The molecule has 1 aromatic carbocycles. The minimum Gasteiger partial charge on any atom is -0.364 e. The van der Waals surface area contributed by atoms with Gasteiger partial charge >= 0.3 is 0 Å². The number of nitrogens with two attached hydrogens (primary N) is 1. The van der Waals surface area contributed by atoms with Gasteiger partial charge in [-0.1, -0.05) is 50.6 Å². The molecule has 3 atom stereocenters. The topological polar surface area (TPSA) is 64.4 Å². The Balaban J connectivity index is 0.00000264. The quantitative estimate of drug-likeness (QED) is 0.885. The molecule has 1 aliphatic rings. The first kappa shape index (κ1) is 19.9. The molecule has 1 saturated heterocycles. The highest BCUT2D eigenvalue weighted by atomic mass is 35.5. The number of benzene rings is 1. The van der Waals surface area contributed by atoms with Gasteiger partial charge in [0.2, 0.25) is 5.91 Å². The zero-order chi connectivity index (χ0) is 16.3. The fraction of sp³-hybridized carbons (Fsp3) is 0.611. The van der Waals surface area contributed by atoms with Gasteiger partial charge in [-0.25, -0.2) is 0 Å². The zero-order valence-corrected chi connectivity index (χ0v) is 15.3. The van der Waals surface area contributed by atoms with Crippen LogP contribution >= 0.6 is 12.4 Å². The summed E-state index contributed by atoms with van der Waals surface area (Å²) in [7, 11) is 0. The van der Waals surface area contributed by atoms with Gasteiger partial charge in [0, 0.05) is 6.54 Å². The molecule has 1 aromatic rings. The predicted molar refractivity (Wildman–Crippen MR) is 95.7 cm³/mol. The van der Waals surface area contributed by atoms with E-state index in [0.717, 1.165) is 18.4 Å². The highest BCUT2D eigenvalue weighted by Crippen LogP contribution is 2.33. The van der Waals surface area contributed by atoms with Crippen LogP contribution < -0.4 is 11.1 Å². The summed E-state index contributed by atoms with van der Waals surface area (Å²) in [6, 6.07) is 8.26. The summed E-state index contributed by atoms with van der Waals surface area (Å²) in [4.78, 5) is 12.5. The van der Waals surface area contributed by atoms with Crippen molar-refractivity contribution in [3.8, 4) is 0 Å². The Hall–Kier alpha value is -1.10. The molecule has 0 saturated carbocycles. The summed E-state index contributed by atoms with van der Waals surface area (Å²) in [5, 5.41) is 3.18. The summed E-state index contributed by atoms with van der Waals surface area (Å²) in [5.74, 6) is -0.0302. The second-order valence-electron chi connectivity index (χ2n) is 7.28. The van der Waals surface area contributed by atoms with Gasteiger partial charge in [0.1, 0.15) is 6.10 Å². The lowest BCUT2D eigenvalue weighted by molar-refractivity contribution is -0.133. The van der Waals surface area contributed by atoms with Crippen molar-refractivity contribution in [2.45, 2.75) is 58.8 Å². The van der Waals surface area contributed by atoms with Crippen molar-refractivity contribution < 1.29 is 9.53 Å². The fourth-order valence-electron chi connectivity index (χ4n) is 2.96. The number of halogens is 1. The molecule has 1 amide bonds. The third-order valence-corrected chi connectivity index (χ3v) is 4.19. The third-order valence-electron chi connectivity index (χ3n) is 4.19. The second kappa shape index (κ2) is 8.13. The summed E-state index contributed by atoms with van der Waals surface area (Å²) >= 11 is 0. The van der Waals surface area contributed by atoms with E-state index in [9.17, 15) is 4.79 Å². The molecule has 1 fully saturated rings. The Morgan fingerprint density at radius 2 is 2.09 bits per heavy atom. The number of hydrogen-bond donors (Lipinski definition) is 2. The molecule has 1 unspecified atom stereocenters. The molecule has 1 heterocycles. The molecule has 0 bridgehead atoms. The smallest absolute Gasteiger partial charge is 0.249 e. The van der Waals surface area contributed by atoms with Gasteiger partial charge in [0.15, 0.2) is 0 Å². The first-order valence-electron chi connectivity index (χ1n) is 8.03. The first-order valence-corrected chi connectivity index (χ1v) is 8.03. The standard InChI is InChI=1S/C18H28N2O2.ClH/c1-12-6-5-7-13(10-12)16(18(2,3)4)20-17(21)15-9-8-14(11-19)22-15;/h5-7,10,14-16H,8-9,11,19H2,1-4H3,(H,20,21);1H/t14-,15+,16?;/m1./s1. The maximum absolute atomic E-state index is 12.5. The number of ether oxygens (including phenoxy) is 1. The molecule has 4 nitrogen and oxygen atoms in total. The molecule has 5 heteroatoms. The summed E-state index contributed by atoms with van der Waals surface area (Å²) in [6.45, 7) is 8.96. The molecule has 3 N–H and O–H groups in total. The lowest BCUT2D eigenvalue weighted by Crippen LogP contribution is -2.42. The number of carbonyl (C=O) groups excluding carboxylic acids is 1. The van der Waals surface area contributed by atoms with Crippen LogP contribution in [0.15, 0.2) is 24.3 Å². The minimum atomic E-state index is -0.372. The highest BCUT2D eigenvalue weighted by Gasteiger charge is 2.34. The molecular formula is C18H29ClN2O2. The molecule has 0 spiro atoms. The van der Waals surface area contributed by atoms with E-state index in [1.807, 2.05) is 6.07 Å². The SMILES string of the molecule is Cc1cccc(C(NC(=O)[C@@H]2CC[C@H](CN)O2)C(C)(C)C)c1.Cl. The average molecular weight is 341 g/mol. The number of nitrogens with one attached hydrogen (secondary N) is 1. The molecule has 1 aliphatic heterocycles. The molecule has 0 aromatic heterocycles. The van der Waals surface area contributed by atoms with E-state index >= 15 is 0 Å². The number of hydrogen-bond acceptors (Lipinski definition) is 3. The van der Waals surface area contributed by atoms with E-state index in [0.29, 0.717) is 6.54 Å². The van der Waals surface area contributed by atoms with Crippen molar-refractivity contribution in [3.05, 3.63) is 35.4 Å². The van der Waals surface area contributed by atoms with E-state index in [2.05, 4.69) is 51.2 Å². The Morgan fingerprint density at radius 1 is 1.39 bits per heavy atom. The van der Waals surface area contributed by atoms with Crippen LogP contribution in [0, 0.1) is 12.3 Å². The van der Waals surface area contributed by atoms with Crippen LogP contribution in [0.3, 0.4) is 0 Å². The second-order valence-corrected chi connectivity index (χ2v) is 7.28. The van der Waals surface area contributed by atoms with E-state index in [1.165, 1.54) is 5.56 Å². The van der Waals surface area contributed by atoms with Crippen LogP contribution in [0.4, 0.5) is 0 Å². The van der Waals surface area contributed by atoms with Gasteiger partial charge in [-0.3, -0.25) is 4.79 Å². The Labute approximate surface area is 145 Å². The monoisotopic (exact) mass is 340 g/mol. The lowest BCUT2D eigenvalue weighted by atomic mass is 9.82. The highest BCUT2D eigenvalue weighted by molar-refractivity contribution is 5.85. The van der Waals surface area contributed by atoms with E-state index in [-0.39, 0.29) is 42.0 Å². The molecule has 0 radical (unpaired) electrons. The number of aryl methyl sites for hydroxylation is 1. The summed E-state index contributed by atoms with van der Waals surface area (Å²) in [5.41, 5.74) is 7.87. The van der Waals surface area contributed by atoms with Crippen molar-refractivity contribution in [3.63, 3.8) is 0 Å². The Kier molecular flexibility index (Phi) is 7.05. The maximum atomic E-state index is 12.5. The third kappa shape index (κ3) is 5.20. The van der Waals surface area contributed by atoms with Crippen LogP contribution in [-0.4, -0.2) is 24.7 Å². The van der Waals surface area contributed by atoms with Gasteiger partial charge in [-0.2, -0.15) is 0 Å². The Bertz CT molecular complexity index is 528. The summed E-state index contributed by atoms with van der Waals surface area (Å²) < 4.78 is 5.71. The summed E-state index contributed by atoms with van der Waals surface area (Å²) in [6.07, 6.45) is 1.25. The van der Waals surface area contributed by atoms with E-state index in [4.69, 9.17) is 10.5 Å². The van der Waals surface area contributed by atoms with Crippen LogP contribution in [0.1, 0.15) is 50.8 Å². The van der Waals surface area contributed by atoms with Crippen molar-refractivity contribution in [1.29, 1.82) is 0 Å². The maximum Gasteiger partial charge on any atom is 0.249 e. The van der Waals surface area contributed by atoms with Gasteiger partial charge in [0.25, 0.3) is 0 Å². The molecule has 0 aliphatic carbocycles. The molecular weight excluding hydrogens is 312 g/mol. The van der Waals surface area contributed by atoms with Crippen LogP contribution in [0.2, 0.25) is 0 Å². The van der Waals surface area contributed by atoms with Crippen LogP contribution in [0.5, 0.6) is 0 Å². The van der Waals surface area contributed by atoms with Crippen molar-refractivity contribution in [1.82, 2.24) is 5.32 Å². The number of rotatable bonds is 4. The molecule has 23 heavy (non-hydrogen) atoms. The number of carbonyl (C=O) groups is 1. The number of amides is 1. The first-order chi connectivity index (χ1) is 10.3. The molecule has 2 rings (SSSR count). The molecule has 130 valence electrons. The van der Waals surface area contributed by atoms with Gasteiger partial charge in [-0.15, -0.1) is 12.4 Å². The zero-order valence-electron chi connectivity index (χ0n) is 14.5. The fourth-order valence-corrected chi connectivity index (χ4v) is 2.96. The van der Waals surface area contributed by atoms with Gasteiger partial charge < -0.3 is 15.8 Å². The largest absolute Gasteiger partial charge is 0.364 e. The lowest BCUT2D eigenvalue weighted by Gasteiger charge is -2.33. The normalized spacial score (nSPS) is 22.3. The van der Waals surface area contributed by atoms with E-state index in [1.54, 1.807) is 0 Å². The van der Waals surface area contributed by atoms with Crippen molar-refractivity contribution >= 4 is 18.3 Å². The van der Waals surface area contributed by atoms with Crippen LogP contribution in [0.25, 0.3) is 0 Å². The van der Waals surface area contributed by atoms with Crippen molar-refractivity contribution in [2.24, 2.45) is 11.1 Å². The average Bonchev–Trinajstić information content (AvgIpc) is 2.92.